The van der Waals surface area contributed by atoms with E-state index in [0.29, 0.717) is 13.0 Å². The number of ether oxygens (including phenoxy) is 1. The second-order valence-corrected chi connectivity index (χ2v) is 6.37. The summed E-state index contributed by atoms with van der Waals surface area (Å²) in [6.45, 7) is 4.26. The number of methoxy groups -OCH3 is 1. The Hall–Kier alpha value is 0.200. The molecule has 0 aliphatic rings. The van der Waals surface area contributed by atoms with Gasteiger partial charge in [-0.3, -0.25) is 0 Å². The van der Waals surface area contributed by atoms with Crippen LogP contribution >= 0.6 is 10.7 Å². The highest BCUT2D eigenvalue weighted by Gasteiger charge is 2.24. The molecule has 0 rings (SSSR count). The lowest BCUT2D eigenvalue weighted by Crippen LogP contribution is -2.22. The molecule has 0 fully saturated rings. The molecule has 0 aromatic carbocycles. The van der Waals surface area contributed by atoms with Crippen molar-refractivity contribution in [1.82, 2.24) is 0 Å². The summed E-state index contributed by atoms with van der Waals surface area (Å²) in [6, 6.07) is 0. The van der Waals surface area contributed by atoms with Crippen molar-refractivity contribution in [3.63, 3.8) is 0 Å². The van der Waals surface area contributed by atoms with E-state index in [1.807, 2.05) is 13.8 Å². The highest BCUT2D eigenvalue weighted by Crippen LogP contribution is 2.23. The molecule has 0 aliphatic carbocycles. The lowest BCUT2D eigenvalue weighted by atomic mass is 9.92. The molecule has 0 spiro atoms. The molecule has 74 valence electrons. The first-order valence-corrected chi connectivity index (χ1v) is 6.16. The van der Waals surface area contributed by atoms with E-state index in [-0.39, 0.29) is 11.2 Å². The first-order chi connectivity index (χ1) is 5.27. The summed E-state index contributed by atoms with van der Waals surface area (Å²) in [5.41, 5.74) is -0.309. The number of hydrogen-bond donors (Lipinski definition) is 0. The fraction of sp³-hybridized carbons (Fsp3) is 1.00. The van der Waals surface area contributed by atoms with E-state index in [0.717, 1.165) is 0 Å². The van der Waals surface area contributed by atoms with Crippen molar-refractivity contribution in [2.24, 2.45) is 5.41 Å². The van der Waals surface area contributed by atoms with E-state index in [9.17, 15) is 8.42 Å². The summed E-state index contributed by atoms with van der Waals surface area (Å²) >= 11 is 0. The van der Waals surface area contributed by atoms with Crippen LogP contribution < -0.4 is 0 Å². The zero-order valence-electron chi connectivity index (χ0n) is 7.63. The molecule has 0 bridgehead atoms. The molecule has 0 amide bonds. The zero-order chi connectivity index (χ0) is 9.83. The van der Waals surface area contributed by atoms with E-state index >= 15 is 0 Å². The molecule has 0 saturated carbocycles. The second-order valence-electron chi connectivity index (χ2n) is 3.59. The Balaban J connectivity index is 4.04. The molecule has 0 radical (unpaired) electrons. The highest BCUT2D eigenvalue weighted by molar-refractivity contribution is 8.13. The fourth-order valence-electron chi connectivity index (χ4n) is 0.917. The maximum absolute atomic E-state index is 10.7. The van der Waals surface area contributed by atoms with Crippen molar-refractivity contribution < 1.29 is 13.2 Å². The van der Waals surface area contributed by atoms with Crippen molar-refractivity contribution in [2.75, 3.05) is 19.5 Å². The molecule has 0 saturated heterocycles. The van der Waals surface area contributed by atoms with Gasteiger partial charge in [0.25, 0.3) is 0 Å². The molecule has 0 aromatic rings. The number of rotatable bonds is 5. The molecule has 0 N–H and O–H groups in total. The Labute approximate surface area is 78.5 Å². The van der Waals surface area contributed by atoms with Gasteiger partial charge in [0.15, 0.2) is 0 Å². The van der Waals surface area contributed by atoms with Gasteiger partial charge in [-0.25, -0.2) is 8.42 Å². The summed E-state index contributed by atoms with van der Waals surface area (Å²) in [5, 5.41) is 0. The standard InChI is InChI=1S/C7H15ClO3S/c1-7(2,4-5-11-3)6-12(8,9)10/h4-6H2,1-3H3. The van der Waals surface area contributed by atoms with Crippen molar-refractivity contribution in [3.05, 3.63) is 0 Å². The van der Waals surface area contributed by atoms with Gasteiger partial charge in [0.1, 0.15) is 0 Å². The largest absolute Gasteiger partial charge is 0.385 e. The van der Waals surface area contributed by atoms with Crippen LogP contribution in [0.1, 0.15) is 20.3 Å². The molecular formula is C7H15ClO3S. The maximum atomic E-state index is 10.7. The van der Waals surface area contributed by atoms with Gasteiger partial charge in [0.05, 0.1) is 5.75 Å². The Morgan fingerprint density at radius 2 is 1.92 bits per heavy atom. The maximum Gasteiger partial charge on any atom is 0.233 e. The molecular weight excluding hydrogens is 200 g/mol. The van der Waals surface area contributed by atoms with Crippen molar-refractivity contribution in [1.29, 1.82) is 0 Å². The topological polar surface area (TPSA) is 43.4 Å². The van der Waals surface area contributed by atoms with Crippen LogP contribution in [-0.2, 0) is 13.8 Å². The van der Waals surface area contributed by atoms with Crippen LogP contribution in [0.5, 0.6) is 0 Å². The minimum Gasteiger partial charge on any atom is -0.385 e. The Bertz CT molecular complexity index is 221. The van der Waals surface area contributed by atoms with Crippen LogP contribution in [0.25, 0.3) is 0 Å². The lowest BCUT2D eigenvalue weighted by Gasteiger charge is -2.21. The van der Waals surface area contributed by atoms with Crippen LogP contribution in [0.15, 0.2) is 0 Å². The van der Waals surface area contributed by atoms with Crippen LogP contribution in [-0.4, -0.2) is 27.9 Å². The first kappa shape index (κ1) is 12.2. The fourth-order valence-corrected chi connectivity index (χ4v) is 2.88. The van der Waals surface area contributed by atoms with Gasteiger partial charge in [0, 0.05) is 24.4 Å². The van der Waals surface area contributed by atoms with Crippen molar-refractivity contribution in [3.8, 4) is 0 Å². The molecule has 0 unspecified atom stereocenters. The van der Waals surface area contributed by atoms with Gasteiger partial charge in [-0.05, 0) is 11.8 Å². The van der Waals surface area contributed by atoms with Gasteiger partial charge in [0.2, 0.25) is 9.05 Å². The predicted molar refractivity (Wildman–Crippen MR) is 49.9 cm³/mol. The van der Waals surface area contributed by atoms with Gasteiger partial charge >= 0.3 is 0 Å². The number of hydrogen-bond acceptors (Lipinski definition) is 3. The van der Waals surface area contributed by atoms with Gasteiger partial charge in [-0.15, -0.1) is 0 Å². The molecule has 0 aliphatic heterocycles. The van der Waals surface area contributed by atoms with E-state index in [1.54, 1.807) is 7.11 Å². The SMILES string of the molecule is COCCC(C)(C)CS(=O)(=O)Cl. The van der Waals surface area contributed by atoms with Gasteiger partial charge in [-0.1, -0.05) is 13.8 Å². The minimum atomic E-state index is -3.40. The predicted octanol–water partition coefficient (Wildman–Crippen LogP) is 1.62. The average Bonchev–Trinajstić information content (AvgIpc) is 1.78. The molecule has 0 heterocycles. The van der Waals surface area contributed by atoms with E-state index in [4.69, 9.17) is 15.4 Å². The second kappa shape index (κ2) is 4.44. The summed E-state index contributed by atoms with van der Waals surface area (Å²) in [5.74, 6) is -0.00901. The Morgan fingerprint density at radius 1 is 1.42 bits per heavy atom. The minimum absolute atomic E-state index is 0.00901. The molecule has 0 aromatic heterocycles. The Kier molecular flexibility index (Phi) is 4.51. The first-order valence-electron chi connectivity index (χ1n) is 3.68. The molecule has 12 heavy (non-hydrogen) atoms. The zero-order valence-corrected chi connectivity index (χ0v) is 9.20. The van der Waals surface area contributed by atoms with Crippen LogP contribution in [0.4, 0.5) is 0 Å². The molecule has 0 atom stereocenters. The number of halogens is 1. The normalized spacial score (nSPS) is 13.3. The smallest absolute Gasteiger partial charge is 0.233 e. The summed E-state index contributed by atoms with van der Waals surface area (Å²) in [4.78, 5) is 0. The van der Waals surface area contributed by atoms with Crippen LogP contribution in [0, 0.1) is 5.41 Å². The van der Waals surface area contributed by atoms with Gasteiger partial charge in [-0.2, -0.15) is 0 Å². The van der Waals surface area contributed by atoms with Crippen molar-refractivity contribution >= 4 is 19.7 Å². The van der Waals surface area contributed by atoms with Crippen LogP contribution in [0.2, 0.25) is 0 Å². The van der Waals surface area contributed by atoms with E-state index in [1.165, 1.54) is 0 Å². The molecule has 3 nitrogen and oxygen atoms in total. The highest BCUT2D eigenvalue weighted by atomic mass is 35.7. The molecule has 5 heteroatoms. The third-order valence-electron chi connectivity index (χ3n) is 1.55. The quantitative estimate of drug-likeness (QED) is 0.654. The Morgan fingerprint density at radius 3 is 2.25 bits per heavy atom. The average molecular weight is 215 g/mol. The third kappa shape index (κ3) is 6.88. The lowest BCUT2D eigenvalue weighted by molar-refractivity contribution is 0.160. The van der Waals surface area contributed by atoms with Crippen LogP contribution in [0.3, 0.4) is 0 Å². The van der Waals surface area contributed by atoms with Crippen molar-refractivity contribution in [2.45, 2.75) is 20.3 Å². The van der Waals surface area contributed by atoms with E-state index in [2.05, 4.69) is 0 Å². The van der Waals surface area contributed by atoms with Gasteiger partial charge < -0.3 is 4.74 Å². The summed E-state index contributed by atoms with van der Waals surface area (Å²) in [7, 11) is 3.32. The summed E-state index contributed by atoms with van der Waals surface area (Å²) in [6.07, 6.45) is 0.690. The third-order valence-corrected chi connectivity index (χ3v) is 3.00. The summed E-state index contributed by atoms with van der Waals surface area (Å²) < 4.78 is 26.3. The monoisotopic (exact) mass is 214 g/mol. The van der Waals surface area contributed by atoms with E-state index < -0.39 is 9.05 Å².